The Labute approximate surface area is 100 Å². The highest BCUT2D eigenvalue weighted by atomic mass is 16.1. The van der Waals surface area contributed by atoms with Gasteiger partial charge in [-0.15, -0.1) is 0 Å². The van der Waals surface area contributed by atoms with Crippen LogP contribution in [0, 0.1) is 0 Å². The summed E-state index contributed by atoms with van der Waals surface area (Å²) in [6.07, 6.45) is 3.43. The Balaban J connectivity index is 2.16. The van der Waals surface area contributed by atoms with Crippen molar-refractivity contribution in [1.82, 2.24) is 15.3 Å². The van der Waals surface area contributed by atoms with Crippen LogP contribution in [0.3, 0.4) is 0 Å². The lowest BCUT2D eigenvalue weighted by atomic mass is 9.90. The van der Waals surface area contributed by atoms with Crippen molar-refractivity contribution >= 4 is 11.5 Å². The molecule has 0 spiro atoms. The zero-order valence-electron chi connectivity index (χ0n) is 10.3. The molecule has 1 aliphatic rings. The van der Waals surface area contributed by atoms with Crippen molar-refractivity contribution in [2.75, 3.05) is 30.8 Å². The number of nitrogens with zero attached hydrogens (tertiary/aromatic N) is 2. The van der Waals surface area contributed by atoms with Crippen LogP contribution in [0.1, 0.15) is 19.8 Å². The zero-order valence-corrected chi connectivity index (χ0v) is 10.3. The molecule has 1 aliphatic heterocycles. The molecule has 0 aromatic carbocycles. The molecule has 0 radical (unpaired) electrons. The quantitative estimate of drug-likeness (QED) is 0.670. The van der Waals surface area contributed by atoms with E-state index in [0.717, 1.165) is 25.9 Å². The molecule has 0 aliphatic carbocycles. The first-order valence-electron chi connectivity index (χ1n) is 5.83. The van der Waals surface area contributed by atoms with Gasteiger partial charge in [0.2, 0.25) is 0 Å². The molecule has 0 atom stereocenters. The van der Waals surface area contributed by atoms with Gasteiger partial charge in [-0.1, -0.05) is 0 Å². The summed E-state index contributed by atoms with van der Waals surface area (Å²) in [5.74, 6) is 0.604. The molecule has 17 heavy (non-hydrogen) atoms. The van der Waals surface area contributed by atoms with Crippen LogP contribution in [0.5, 0.6) is 0 Å². The summed E-state index contributed by atoms with van der Waals surface area (Å²) in [5.41, 5.74) is 5.87. The molecule has 6 heteroatoms. The normalized spacial score (nSPS) is 19.3. The minimum atomic E-state index is -0.267. The molecular formula is C11H19N5O. The van der Waals surface area contributed by atoms with E-state index in [0.29, 0.717) is 5.82 Å². The predicted molar refractivity (Wildman–Crippen MR) is 68.2 cm³/mol. The highest BCUT2D eigenvalue weighted by Gasteiger charge is 2.29. The van der Waals surface area contributed by atoms with E-state index in [1.165, 1.54) is 6.33 Å². The van der Waals surface area contributed by atoms with E-state index in [1.807, 2.05) is 7.05 Å². The average molecular weight is 237 g/mol. The third-order valence-electron chi connectivity index (χ3n) is 3.64. The first-order valence-corrected chi connectivity index (χ1v) is 5.83. The Morgan fingerprint density at radius 3 is 2.76 bits per heavy atom. The number of H-pyrrole nitrogens is 1. The van der Waals surface area contributed by atoms with E-state index in [1.54, 1.807) is 0 Å². The number of aromatic amines is 1. The van der Waals surface area contributed by atoms with Crippen molar-refractivity contribution in [2.24, 2.45) is 0 Å². The molecule has 6 nitrogen and oxygen atoms in total. The Hall–Kier alpha value is -1.56. The van der Waals surface area contributed by atoms with E-state index in [2.05, 4.69) is 27.1 Å². The molecule has 2 heterocycles. The van der Waals surface area contributed by atoms with Gasteiger partial charge in [-0.05, 0) is 26.8 Å². The maximum absolute atomic E-state index is 11.4. The molecule has 0 unspecified atom stereocenters. The molecule has 0 amide bonds. The Morgan fingerprint density at radius 1 is 1.53 bits per heavy atom. The van der Waals surface area contributed by atoms with Crippen LogP contribution in [-0.4, -0.2) is 35.6 Å². The summed E-state index contributed by atoms with van der Waals surface area (Å²) in [6.45, 7) is 3.93. The fraction of sp³-hybridized carbons (Fsp3) is 0.636. The summed E-state index contributed by atoms with van der Waals surface area (Å²) >= 11 is 0. The van der Waals surface area contributed by atoms with Gasteiger partial charge in [0.05, 0.1) is 6.33 Å². The number of rotatable bonds is 2. The Morgan fingerprint density at radius 2 is 2.18 bits per heavy atom. The highest BCUT2D eigenvalue weighted by molar-refractivity contribution is 5.61. The molecule has 94 valence electrons. The standard InChI is InChI=1S/C11H19N5O/c1-11(13-2)3-5-16(6-4-11)9-8(12)10(17)15-7-14-9/h7,13H,3-6,12H2,1-2H3,(H,14,15,17). The number of anilines is 2. The number of nitrogens with two attached hydrogens (primary N) is 1. The second-order valence-corrected chi connectivity index (χ2v) is 4.77. The maximum atomic E-state index is 11.4. The molecular weight excluding hydrogens is 218 g/mol. The van der Waals surface area contributed by atoms with Crippen LogP contribution in [-0.2, 0) is 0 Å². The minimum absolute atomic E-state index is 0.173. The molecule has 0 saturated carbocycles. The van der Waals surface area contributed by atoms with Gasteiger partial charge in [0, 0.05) is 18.6 Å². The van der Waals surface area contributed by atoms with Crippen LogP contribution >= 0.6 is 0 Å². The summed E-state index contributed by atoms with van der Waals surface area (Å²) in [5, 5.41) is 3.33. The predicted octanol–water partition coefficient (Wildman–Crippen LogP) is -0.0696. The average Bonchev–Trinajstić information content (AvgIpc) is 2.34. The largest absolute Gasteiger partial charge is 0.391 e. The van der Waals surface area contributed by atoms with E-state index >= 15 is 0 Å². The second kappa shape index (κ2) is 4.37. The molecule has 0 bridgehead atoms. The number of nitrogens with one attached hydrogen (secondary N) is 2. The van der Waals surface area contributed by atoms with E-state index in [-0.39, 0.29) is 16.8 Å². The van der Waals surface area contributed by atoms with Crippen molar-refractivity contribution in [3.63, 3.8) is 0 Å². The van der Waals surface area contributed by atoms with Crippen LogP contribution < -0.4 is 21.5 Å². The van der Waals surface area contributed by atoms with Gasteiger partial charge in [-0.3, -0.25) is 4.79 Å². The van der Waals surface area contributed by atoms with Crippen molar-refractivity contribution < 1.29 is 0 Å². The van der Waals surface area contributed by atoms with Crippen LogP contribution in [0.25, 0.3) is 0 Å². The van der Waals surface area contributed by atoms with Crippen molar-refractivity contribution in [2.45, 2.75) is 25.3 Å². The second-order valence-electron chi connectivity index (χ2n) is 4.77. The number of nitrogen functional groups attached to an aromatic ring is 1. The number of hydrogen-bond acceptors (Lipinski definition) is 5. The molecule has 4 N–H and O–H groups in total. The van der Waals surface area contributed by atoms with Gasteiger partial charge < -0.3 is 20.9 Å². The molecule has 1 fully saturated rings. The van der Waals surface area contributed by atoms with Crippen molar-refractivity contribution in [3.05, 3.63) is 16.7 Å². The monoisotopic (exact) mass is 237 g/mol. The number of piperidine rings is 1. The Bertz CT molecular complexity index is 447. The fourth-order valence-corrected chi connectivity index (χ4v) is 2.11. The van der Waals surface area contributed by atoms with E-state index < -0.39 is 0 Å². The summed E-state index contributed by atoms with van der Waals surface area (Å²) in [4.78, 5) is 20.1. The molecule has 1 saturated heterocycles. The highest BCUT2D eigenvalue weighted by Crippen LogP contribution is 2.25. The Kier molecular flexibility index (Phi) is 3.06. The first-order chi connectivity index (χ1) is 8.06. The van der Waals surface area contributed by atoms with Gasteiger partial charge in [0.1, 0.15) is 5.69 Å². The first kappa shape index (κ1) is 11.9. The fourth-order valence-electron chi connectivity index (χ4n) is 2.11. The third-order valence-corrected chi connectivity index (χ3v) is 3.64. The smallest absolute Gasteiger partial charge is 0.276 e. The van der Waals surface area contributed by atoms with Crippen LogP contribution in [0.2, 0.25) is 0 Å². The third kappa shape index (κ3) is 2.26. The van der Waals surface area contributed by atoms with Crippen molar-refractivity contribution in [1.29, 1.82) is 0 Å². The van der Waals surface area contributed by atoms with Crippen LogP contribution in [0.4, 0.5) is 11.5 Å². The number of aromatic nitrogens is 2. The van der Waals surface area contributed by atoms with E-state index in [9.17, 15) is 4.79 Å². The lowest BCUT2D eigenvalue weighted by Gasteiger charge is -2.39. The zero-order chi connectivity index (χ0) is 12.5. The molecule has 1 aromatic heterocycles. The number of hydrogen-bond donors (Lipinski definition) is 3. The maximum Gasteiger partial charge on any atom is 0.276 e. The van der Waals surface area contributed by atoms with E-state index in [4.69, 9.17) is 5.73 Å². The van der Waals surface area contributed by atoms with Gasteiger partial charge in [0.15, 0.2) is 5.82 Å². The summed E-state index contributed by atoms with van der Waals surface area (Å²) in [7, 11) is 1.98. The summed E-state index contributed by atoms with van der Waals surface area (Å²) in [6, 6.07) is 0. The van der Waals surface area contributed by atoms with Gasteiger partial charge >= 0.3 is 0 Å². The minimum Gasteiger partial charge on any atom is -0.391 e. The van der Waals surface area contributed by atoms with Crippen LogP contribution in [0.15, 0.2) is 11.1 Å². The van der Waals surface area contributed by atoms with Gasteiger partial charge in [0.25, 0.3) is 5.56 Å². The topological polar surface area (TPSA) is 87.0 Å². The lowest BCUT2D eigenvalue weighted by molar-refractivity contribution is 0.304. The van der Waals surface area contributed by atoms with Crippen molar-refractivity contribution in [3.8, 4) is 0 Å². The lowest BCUT2D eigenvalue weighted by Crippen LogP contribution is -2.50. The van der Waals surface area contributed by atoms with Gasteiger partial charge in [-0.2, -0.15) is 0 Å². The molecule has 2 rings (SSSR count). The summed E-state index contributed by atoms with van der Waals surface area (Å²) < 4.78 is 0. The molecule has 1 aromatic rings. The van der Waals surface area contributed by atoms with Gasteiger partial charge in [-0.25, -0.2) is 4.98 Å². The SMILES string of the molecule is CNC1(C)CCN(c2nc[nH]c(=O)c2N)CC1.